The van der Waals surface area contributed by atoms with Crippen LogP contribution in [0.4, 0.5) is 0 Å². The summed E-state index contributed by atoms with van der Waals surface area (Å²) in [6.45, 7) is 3.93. The average Bonchev–Trinajstić information content (AvgIpc) is 2.83. The zero-order chi connectivity index (χ0) is 12.6. The van der Waals surface area contributed by atoms with Crippen molar-refractivity contribution in [2.24, 2.45) is 0 Å². The zero-order valence-corrected chi connectivity index (χ0v) is 12.4. The van der Waals surface area contributed by atoms with E-state index >= 15 is 0 Å². The van der Waals surface area contributed by atoms with Crippen molar-refractivity contribution in [3.8, 4) is 0 Å². The number of carbonyl (C=O) groups excluding carboxylic acids is 1. The van der Waals surface area contributed by atoms with Crippen LogP contribution in [-0.4, -0.2) is 15.6 Å². The molecule has 0 saturated carbocycles. The summed E-state index contributed by atoms with van der Waals surface area (Å²) in [5, 5.41) is 6.39. The number of aromatic nitrogens is 2. The largest absolute Gasteiger partial charge is 0.286 e. The molecule has 0 spiro atoms. The van der Waals surface area contributed by atoms with Crippen LogP contribution < -0.4 is 0 Å². The molecule has 0 bridgehead atoms. The summed E-state index contributed by atoms with van der Waals surface area (Å²) < 4.78 is 2.55. The quantitative estimate of drug-likeness (QED) is 0.790. The van der Waals surface area contributed by atoms with E-state index in [2.05, 4.69) is 21.0 Å². The summed E-state index contributed by atoms with van der Waals surface area (Å²) in [6, 6.07) is 1.89. The molecule has 90 valence electrons. The number of ketones is 1. The van der Waals surface area contributed by atoms with E-state index in [9.17, 15) is 4.79 Å². The van der Waals surface area contributed by atoms with Crippen molar-refractivity contribution in [3.05, 3.63) is 37.7 Å². The maximum Gasteiger partial charge on any atom is 0.222 e. The van der Waals surface area contributed by atoms with Crippen molar-refractivity contribution >= 4 is 44.7 Å². The first-order chi connectivity index (χ1) is 8.00. The number of thiophene rings is 1. The Morgan fingerprint density at radius 2 is 2.29 bits per heavy atom. The second-order valence-corrected chi connectivity index (χ2v) is 6.07. The summed E-state index contributed by atoms with van der Waals surface area (Å²) in [6.07, 6.45) is 1.51. The normalized spacial score (nSPS) is 11.1. The molecule has 0 fully saturated rings. The molecule has 2 rings (SSSR count). The van der Waals surface area contributed by atoms with E-state index in [1.807, 2.05) is 19.2 Å². The fraction of sp³-hybridized carbons (Fsp3) is 0.273. The van der Waals surface area contributed by atoms with Crippen LogP contribution in [0.5, 0.6) is 0 Å². The molecule has 0 N–H and O–H groups in total. The van der Waals surface area contributed by atoms with Gasteiger partial charge in [0.05, 0.1) is 16.1 Å². The smallest absolute Gasteiger partial charge is 0.222 e. The Morgan fingerprint density at radius 1 is 1.59 bits per heavy atom. The molecule has 2 aromatic rings. The van der Waals surface area contributed by atoms with E-state index in [0.717, 1.165) is 4.47 Å². The van der Waals surface area contributed by atoms with E-state index in [4.69, 9.17) is 11.6 Å². The van der Waals surface area contributed by atoms with Crippen LogP contribution in [-0.2, 0) is 0 Å². The van der Waals surface area contributed by atoms with Crippen LogP contribution in [0.25, 0.3) is 0 Å². The molecular weight excluding hydrogens is 324 g/mol. The van der Waals surface area contributed by atoms with Gasteiger partial charge in [-0.05, 0) is 35.8 Å². The Hall–Kier alpha value is -0.650. The summed E-state index contributed by atoms with van der Waals surface area (Å²) in [5.74, 6) is -0.0862. The second kappa shape index (κ2) is 4.92. The molecule has 0 aliphatic heterocycles. The Labute approximate surface area is 117 Å². The molecule has 17 heavy (non-hydrogen) atoms. The van der Waals surface area contributed by atoms with Gasteiger partial charge in [0, 0.05) is 15.9 Å². The third-order valence-corrected chi connectivity index (χ3v) is 4.21. The fourth-order valence-electron chi connectivity index (χ4n) is 1.49. The SMILES string of the molecule is CC(C)n1ncc(Cl)c1C(=O)c1cc(Br)cs1. The van der Waals surface area contributed by atoms with Crippen molar-refractivity contribution in [1.29, 1.82) is 0 Å². The van der Waals surface area contributed by atoms with E-state index < -0.39 is 0 Å². The molecule has 0 aliphatic carbocycles. The number of nitrogens with zero attached hydrogens (tertiary/aromatic N) is 2. The highest BCUT2D eigenvalue weighted by molar-refractivity contribution is 9.10. The molecule has 0 saturated heterocycles. The average molecular weight is 334 g/mol. The Kier molecular flexibility index (Phi) is 3.70. The predicted octanol–water partition coefficient (Wildman–Crippen LogP) is 4.17. The van der Waals surface area contributed by atoms with Gasteiger partial charge in [-0.2, -0.15) is 5.10 Å². The summed E-state index contributed by atoms with van der Waals surface area (Å²) in [4.78, 5) is 13.0. The number of halogens is 2. The van der Waals surface area contributed by atoms with Crippen molar-refractivity contribution in [1.82, 2.24) is 9.78 Å². The van der Waals surface area contributed by atoms with Gasteiger partial charge >= 0.3 is 0 Å². The van der Waals surface area contributed by atoms with Crippen molar-refractivity contribution in [2.75, 3.05) is 0 Å². The molecule has 2 aromatic heterocycles. The molecular formula is C11H10BrClN2OS. The standard InChI is InChI=1S/C11H10BrClN2OS/c1-6(2)15-10(8(13)4-14-15)11(16)9-3-7(12)5-17-9/h3-6H,1-2H3. The van der Waals surface area contributed by atoms with Gasteiger partial charge in [0.25, 0.3) is 0 Å². The van der Waals surface area contributed by atoms with Crippen LogP contribution in [0.1, 0.15) is 35.3 Å². The topological polar surface area (TPSA) is 34.9 Å². The highest BCUT2D eigenvalue weighted by Gasteiger charge is 2.21. The second-order valence-electron chi connectivity index (χ2n) is 3.84. The van der Waals surface area contributed by atoms with Crippen molar-refractivity contribution < 1.29 is 4.79 Å². The minimum absolute atomic E-state index is 0.0862. The minimum Gasteiger partial charge on any atom is -0.286 e. The first kappa shape index (κ1) is 12.8. The maximum atomic E-state index is 12.3. The maximum absolute atomic E-state index is 12.3. The number of hydrogen-bond donors (Lipinski definition) is 0. The van der Waals surface area contributed by atoms with E-state index in [1.165, 1.54) is 17.5 Å². The lowest BCUT2D eigenvalue weighted by molar-refractivity contribution is 0.103. The molecule has 0 atom stereocenters. The van der Waals surface area contributed by atoms with Crippen LogP contribution in [0.15, 0.2) is 22.1 Å². The lowest BCUT2D eigenvalue weighted by atomic mass is 10.2. The van der Waals surface area contributed by atoms with E-state index in [0.29, 0.717) is 15.6 Å². The van der Waals surface area contributed by atoms with Gasteiger partial charge in [-0.25, -0.2) is 0 Å². The predicted molar refractivity (Wildman–Crippen MR) is 73.1 cm³/mol. The molecule has 2 heterocycles. The van der Waals surface area contributed by atoms with E-state index in [-0.39, 0.29) is 11.8 Å². The van der Waals surface area contributed by atoms with Gasteiger partial charge in [-0.3, -0.25) is 9.48 Å². The Balaban J connectivity index is 2.47. The molecule has 0 aromatic carbocycles. The van der Waals surface area contributed by atoms with Gasteiger partial charge in [0.1, 0.15) is 5.69 Å². The van der Waals surface area contributed by atoms with Gasteiger partial charge in [-0.15, -0.1) is 11.3 Å². The highest BCUT2D eigenvalue weighted by atomic mass is 79.9. The summed E-state index contributed by atoms with van der Waals surface area (Å²) in [7, 11) is 0. The third-order valence-electron chi connectivity index (χ3n) is 2.25. The van der Waals surface area contributed by atoms with Crippen LogP contribution in [0.2, 0.25) is 5.02 Å². The van der Waals surface area contributed by atoms with Crippen LogP contribution in [0, 0.1) is 0 Å². The van der Waals surface area contributed by atoms with Crippen LogP contribution in [0.3, 0.4) is 0 Å². The van der Waals surface area contributed by atoms with Gasteiger partial charge in [0.15, 0.2) is 0 Å². The van der Waals surface area contributed by atoms with Crippen molar-refractivity contribution in [3.63, 3.8) is 0 Å². The van der Waals surface area contributed by atoms with Crippen molar-refractivity contribution in [2.45, 2.75) is 19.9 Å². The number of hydrogen-bond acceptors (Lipinski definition) is 3. The highest BCUT2D eigenvalue weighted by Crippen LogP contribution is 2.26. The van der Waals surface area contributed by atoms with E-state index in [1.54, 1.807) is 10.7 Å². The Bertz CT molecular complexity index is 562. The molecule has 0 unspecified atom stereocenters. The molecule has 0 amide bonds. The Morgan fingerprint density at radius 3 is 2.82 bits per heavy atom. The number of carbonyl (C=O) groups is 1. The molecule has 6 heteroatoms. The third kappa shape index (κ3) is 2.46. The zero-order valence-electron chi connectivity index (χ0n) is 9.28. The summed E-state index contributed by atoms with van der Waals surface area (Å²) in [5.41, 5.74) is 0.455. The lowest BCUT2D eigenvalue weighted by Gasteiger charge is -2.09. The van der Waals surface area contributed by atoms with Gasteiger partial charge < -0.3 is 0 Å². The number of rotatable bonds is 3. The van der Waals surface area contributed by atoms with Gasteiger partial charge in [-0.1, -0.05) is 11.6 Å². The first-order valence-corrected chi connectivity index (χ1v) is 7.07. The lowest BCUT2D eigenvalue weighted by Crippen LogP contribution is -2.13. The summed E-state index contributed by atoms with van der Waals surface area (Å²) >= 11 is 10.8. The molecule has 0 aliphatic rings. The first-order valence-electron chi connectivity index (χ1n) is 5.02. The molecule has 0 radical (unpaired) electrons. The van der Waals surface area contributed by atoms with Crippen LogP contribution >= 0.6 is 38.9 Å². The van der Waals surface area contributed by atoms with Gasteiger partial charge in [0.2, 0.25) is 5.78 Å². The minimum atomic E-state index is -0.0862. The molecule has 3 nitrogen and oxygen atoms in total. The monoisotopic (exact) mass is 332 g/mol. The fourth-order valence-corrected chi connectivity index (χ4v) is 3.08.